The van der Waals surface area contributed by atoms with Gasteiger partial charge in [-0.05, 0) is 44.1 Å². The summed E-state index contributed by atoms with van der Waals surface area (Å²) in [4.78, 5) is 9.29. The van der Waals surface area contributed by atoms with E-state index in [0.29, 0.717) is 0 Å². The van der Waals surface area contributed by atoms with Crippen LogP contribution in [0.4, 0.5) is 0 Å². The van der Waals surface area contributed by atoms with Gasteiger partial charge in [-0.2, -0.15) is 0 Å². The molecule has 0 amide bonds. The van der Waals surface area contributed by atoms with Crippen LogP contribution in [0, 0.1) is 0 Å². The molecule has 0 bridgehead atoms. The second-order valence-electron chi connectivity index (χ2n) is 6.47. The Balaban J connectivity index is 0.00000312. The van der Waals surface area contributed by atoms with E-state index in [2.05, 4.69) is 63.7 Å². The first-order chi connectivity index (χ1) is 11.7. The van der Waals surface area contributed by atoms with Crippen LogP contribution in [-0.4, -0.2) is 69.1 Å². The molecule has 0 spiro atoms. The van der Waals surface area contributed by atoms with Crippen LogP contribution < -0.4 is 10.6 Å². The topological polar surface area (TPSA) is 42.9 Å². The van der Waals surface area contributed by atoms with E-state index in [4.69, 9.17) is 0 Å². The number of nitrogens with one attached hydrogen (secondary N) is 2. The Bertz CT molecular complexity index is 520. The van der Waals surface area contributed by atoms with Gasteiger partial charge in [0.2, 0.25) is 0 Å². The molecular weight excluding hydrogens is 425 g/mol. The quantitative estimate of drug-likeness (QED) is 0.389. The highest BCUT2D eigenvalue weighted by Crippen LogP contribution is 2.08. The summed E-state index contributed by atoms with van der Waals surface area (Å²) in [5.41, 5.74) is 2.74. The first-order valence-electron chi connectivity index (χ1n) is 9.15. The highest BCUT2D eigenvalue weighted by atomic mass is 127. The molecule has 1 heterocycles. The van der Waals surface area contributed by atoms with E-state index in [1.807, 2.05) is 7.05 Å². The van der Waals surface area contributed by atoms with Gasteiger partial charge in [-0.25, -0.2) is 0 Å². The molecule has 0 radical (unpaired) electrons. The molecule has 1 aromatic rings. The molecule has 0 aliphatic carbocycles. The summed E-state index contributed by atoms with van der Waals surface area (Å²) in [7, 11) is 4.05. The van der Waals surface area contributed by atoms with Crippen LogP contribution in [0.25, 0.3) is 0 Å². The van der Waals surface area contributed by atoms with Crippen molar-refractivity contribution in [3.05, 3.63) is 35.4 Å². The normalized spacial score (nSPS) is 16.8. The predicted molar refractivity (Wildman–Crippen MR) is 118 cm³/mol. The first-order valence-corrected chi connectivity index (χ1v) is 9.15. The number of benzene rings is 1. The molecule has 1 saturated heterocycles. The summed E-state index contributed by atoms with van der Waals surface area (Å²) in [5.74, 6) is 0.882. The van der Waals surface area contributed by atoms with Crippen molar-refractivity contribution in [3.8, 4) is 0 Å². The van der Waals surface area contributed by atoms with E-state index in [0.717, 1.165) is 38.6 Å². The molecule has 5 nitrogen and oxygen atoms in total. The number of aryl methyl sites for hydroxylation is 1. The summed E-state index contributed by atoms with van der Waals surface area (Å²) in [5, 5.41) is 6.87. The molecular formula is C19H34IN5. The molecule has 2 rings (SSSR count). The third-order valence-corrected chi connectivity index (χ3v) is 4.70. The number of hydrogen-bond donors (Lipinski definition) is 2. The molecule has 0 unspecified atom stereocenters. The number of rotatable bonds is 6. The average Bonchev–Trinajstić information content (AvgIpc) is 2.82. The number of halogens is 1. The van der Waals surface area contributed by atoms with Gasteiger partial charge in [-0.3, -0.25) is 4.99 Å². The van der Waals surface area contributed by atoms with Crippen LogP contribution >= 0.6 is 24.0 Å². The van der Waals surface area contributed by atoms with Crippen LogP contribution in [0.1, 0.15) is 24.5 Å². The largest absolute Gasteiger partial charge is 0.355 e. The van der Waals surface area contributed by atoms with Gasteiger partial charge < -0.3 is 20.4 Å². The minimum absolute atomic E-state index is 0. The molecule has 6 heteroatoms. The minimum Gasteiger partial charge on any atom is -0.355 e. The lowest BCUT2D eigenvalue weighted by Crippen LogP contribution is -2.42. The molecule has 1 aliphatic rings. The molecule has 1 aliphatic heterocycles. The van der Waals surface area contributed by atoms with Gasteiger partial charge in [0.25, 0.3) is 0 Å². The minimum atomic E-state index is 0. The van der Waals surface area contributed by atoms with Crippen molar-refractivity contribution in [1.82, 2.24) is 20.4 Å². The molecule has 0 saturated carbocycles. The highest BCUT2D eigenvalue weighted by Gasteiger charge is 2.11. The fourth-order valence-electron chi connectivity index (χ4n) is 3.13. The maximum absolute atomic E-state index is 4.34. The Labute approximate surface area is 170 Å². The Morgan fingerprint density at radius 2 is 1.84 bits per heavy atom. The molecule has 1 fully saturated rings. The van der Waals surface area contributed by atoms with Gasteiger partial charge in [0.1, 0.15) is 0 Å². The molecule has 0 atom stereocenters. The van der Waals surface area contributed by atoms with Crippen molar-refractivity contribution in [2.24, 2.45) is 4.99 Å². The van der Waals surface area contributed by atoms with Crippen molar-refractivity contribution in [2.75, 3.05) is 53.4 Å². The zero-order valence-corrected chi connectivity index (χ0v) is 18.3. The number of aliphatic imine (C=N–C) groups is 1. The van der Waals surface area contributed by atoms with Gasteiger partial charge in [0, 0.05) is 39.8 Å². The summed E-state index contributed by atoms with van der Waals surface area (Å²) in [6.45, 7) is 9.75. The van der Waals surface area contributed by atoms with Crippen molar-refractivity contribution in [1.29, 1.82) is 0 Å². The van der Waals surface area contributed by atoms with Crippen LogP contribution in [0.3, 0.4) is 0 Å². The highest BCUT2D eigenvalue weighted by molar-refractivity contribution is 14.0. The lowest BCUT2D eigenvalue weighted by molar-refractivity contribution is 0.280. The van der Waals surface area contributed by atoms with Gasteiger partial charge in [-0.15, -0.1) is 24.0 Å². The van der Waals surface area contributed by atoms with Gasteiger partial charge in [0.15, 0.2) is 5.96 Å². The zero-order valence-electron chi connectivity index (χ0n) is 15.9. The second-order valence-corrected chi connectivity index (χ2v) is 6.47. The van der Waals surface area contributed by atoms with Gasteiger partial charge >= 0.3 is 0 Å². The third kappa shape index (κ3) is 7.92. The zero-order chi connectivity index (χ0) is 17.2. The van der Waals surface area contributed by atoms with E-state index in [1.165, 1.54) is 37.2 Å². The Morgan fingerprint density at radius 1 is 1.08 bits per heavy atom. The molecule has 2 N–H and O–H groups in total. The summed E-state index contributed by atoms with van der Waals surface area (Å²) >= 11 is 0. The van der Waals surface area contributed by atoms with E-state index in [1.54, 1.807) is 0 Å². The number of likely N-dealkylation sites (N-methyl/N-ethyl adjacent to an activating group) is 1. The van der Waals surface area contributed by atoms with Crippen LogP contribution in [-0.2, 0) is 13.0 Å². The monoisotopic (exact) mass is 459 g/mol. The van der Waals surface area contributed by atoms with E-state index < -0.39 is 0 Å². The fourth-order valence-corrected chi connectivity index (χ4v) is 3.13. The predicted octanol–water partition coefficient (Wildman–Crippen LogP) is 2.17. The Morgan fingerprint density at radius 3 is 2.56 bits per heavy atom. The number of hydrogen-bond acceptors (Lipinski definition) is 3. The summed E-state index contributed by atoms with van der Waals surface area (Å²) in [6.07, 6.45) is 2.32. The van der Waals surface area contributed by atoms with Crippen molar-refractivity contribution in [2.45, 2.75) is 26.3 Å². The van der Waals surface area contributed by atoms with E-state index in [-0.39, 0.29) is 24.0 Å². The second kappa shape index (κ2) is 12.5. The standard InChI is InChI=1S/C19H33N5.HI/c1-4-17-8-5-6-9-18(17)16-22-19(20-2)21-10-13-24-12-7-11-23(3)14-15-24;/h5-6,8-9H,4,7,10-16H2,1-3H3,(H2,20,21,22);1H. The van der Waals surface area contributed by atoms with Crippen LogP contribution in [0.15, 0.2) is 29.3 Å². The van der Waals surface area contributed by atoms with E-state index in [9.17, 15) is 0 Å². The van der Waals surface area contributed by atoms with Crippen molar-refractivity contribution in [3.63, 3.8) is 0 Å². The van der Waals surface area contributed by atoms with Gasteiger partial charge in [0.05, 0.1) is 0 Å². The third-order valence-electron chi connectivity index (χ3n) is 4.70. The SMILES string of the molecule is CCc1ccccc1CNC(=NC)NCCN1CCCN(C)CC1.I. The van der Waals surface area contributed by atoms with Crippen LogP contribution in [0.2, 0.25) is 0 Å². The van der Waals surface area contributed by atoms with Crippen LogP contribution in [0.5, 0.6) is 0 Å². The Hall–Kier alpha value is -0.860. The molecule has 0 aromatic heterocycles. The number of guanidine groups is 1. The molecule has 1 aromatic carbocycles. The Kier molecular flexibility index (Phi) is 11.1. The molecule has 142 valence electrons. The maximum Gasteiger partial charge on any atom is 0.191 e. The fraction of sp³-hybridized carbons (Fsp3) is 0.632. The molecule has 25 heavy (non-hydrogen) atoms. The van der Waals surface area contributed by atoms with Crippen molar-refractivity contribution < 1.29 is 0 Å². The maximum atomic E-state index is 4.34. The summed E-state index contributed by atoms with van der Waals surface area (Å²) in [6, 6.07) is 8.59. The van der Waals surface area contributed by atoms with Gasteiger partial charge in [-0.1, -0.05) is 31.2 Å². The average molecular weight is 459 g/mol. The van der Waals surface area contributed by atoms with Crippen molar-refractivity contribution >= 4 is 29.9 Å². The number of nitrogens with zero attached hydrogens (tertiary/aromatic N) is 3. The summed E-state index contributed by atoms with van der Waals surface area (Å²) < 4.78 is 0. The lowest BCUT2D eigenvalue weighted by atomic mass is 10.1. The first kappa shape index (κ1) is 22.2. The lowest BCUT2D eigenvalue weighted by Gasteiger charge is -2.21. The van der Waals surface area contributed by atoms with E-state index >= 15 is 0 Å². The smallest absolute Gasteiger partial charge is 0.191 e.